The van der Waals surface area contributed by atoms with Crippen LogP contribution in [0.25, 0.3) is 0 Å². The molecule has 1 amide bonds. The van der Waals surface area contributed by atoms with Crippen molar-refractivity contribution in [2.45, 2.75) is 31.1 Å². The van der Waals surface area contributed by atoms with E-state index >= 15 is 0 Å². The van der Waals surface area contributed by atoms with Crippen LogP contribution in [0, 0.1) is 12.3 Å². The van der Waals surface area contributed by atoms with Gasteiger partial charge in [-0.25, -0.2) is 8.42 Å². The van der Waals surface area contributed by atoms with Gasteiger partial charge in [-0.3, -0.25) is 4.79 Å². The Kier molecular flexibility index (Phi) is 6.97. The molecular formula is C21H24Cl2N2O4S. The number of halogens is 2. The molecule has 9 heteroatoms. The minimum absolute atomic E-state index is 0.133. The normalized spacial score (nSPS) is 16.9. The van der Waals surface area contributed by atoms with Crippen LogP contribution in [0.1, 0.15) is 24.8 Å². The van der Waals surface area contributed by atoms with Gasteiger partial charge in [0.05, 0.1) is 11.5 Å². The van der Waals surface area contributed by atoms with Gasteiger partial charge in [-0.15, -0.1) is 0 Å². The highest BCUT2D eigenvalue weighted by molar-refractivity contribution is 7.89. The van der Waals surface area contributed by atoms with Crippen molar-refractivity contribution in [3.8, 4) is 5.75 Å². The monoisotopic (exact) mass is 470 g/mol. The van der Waals surface area contributed by atoms with Crippen LogP contribution in [0.2, 0.25) is 10.0 Å². The summed E-state index contributed by atoms with van der Waals surface area (Å²) in [5.74, 6) is 0.219. The van der Waals surface area contributed by atoms with Gasteiger partial charge in [0.1, 0.15) is 5.75 Å². The number of piperidine rings is 1. The van der Waals surface area contributed by atoms with E-state index < -0.39 is 21.3 Å². The number of rotatable bonds is 7. The van der Waals surface area contributed by atoms with Crippen LogP contribution >= 0.6 is 23.2 Å². The number of carbonyl (C=O) groups is 1. The van der Waals surface area contributed by atoms with Gasteiger partial charge in [-0.2, -0.15) is 4.31 Å². The highest BCUT2D eigenvalue weighted by atomic mass is 35.5. The van der Waals surface area contributed by atoms with E-state index in [1.54, 1.807) is 24.3 Å². The van der Waals surface area contributed by atoms with Gasteiger partial charge in [0.15, 0.2) is 0 Å². The van der Waals surface area contributed by atoms with Crippen LogP contribution in [0.5, 0.6) is 5.75 Å². The number of primary amides is 1. The van der Waals surface area contributed by atoms with Gasteiger partial charge < -0.3 is 10.5 Å². The summed E-state index contributed by atoms with van der Waals surface area (Å²) in [7, 11) is -3.63. The zero-order valence-electron chi connectivity index (χ0n) is 16.6. The van der Waals surface area contributed by atoms with E-state index in [9.17, 15) is 13.2 Å². The quantitative estimate of drug-likeness (QED) is 0.661. The van der Waals surface area contributed by atoms with Crippen LogP contribution in [-0.4, -0.2) is 38.3 Å². The van der Waals surface area contributed by atoms with Crippen molar-refractivity contribution < 1.29 is 17.9 Å². The van der Waals surface area contributed by atoms with Crippen LogP contribution in [0.15, 0.2) is 47.4 Å². The first kappa shape index (κ1) is 22.9. The van der Waals surface area contributed by atoms with Gasteiger partial charge in [-0.05, 0) is 67.8 Å². The van der Waals surface area contributed by atoms with E-state index in [1.807, 2.05) is 13.0 Å². The number of carbonyl (C=O) groups excluding carboxylic acids is 1. The molecule has 1 fully saturated rings. The summed E-state index contributed by atoms with van der Waals surface area (Å²) in [6.45, 7) is 2.71. The third-order valence-corrected chi connectivity index (χ3v) is 8.05. The maximum atomic E-state index is 12.9. The molecule has 0 radical (unpaired) electrons. The number of sulfonamides is 1. The zero-order valence-corrected chi connectivity index (χ0v) is 18.9. The lowest BCUT2D eigenvalue weighted by atomic mass is 9.76. The second-order valence-corrected chi connectivity index (χ2v) is 10.5. The molecule has 0 atom stereocenters. The Balaban J connectivity index is 1.72. The first-order chi connectivity index (χ1) is 14.1. The lowest BCUT2D eigenvalue weighted by Crippen LogP contribution is -2.47. The fourth-order valence-corrected chi connectivity index (χ4v) is 5.33. The van der Waals surface area contributed by atoms with E-state index in [0.29, 0.717) is 28.6 Å². The van der Waals surface area contributed by atoms with Crippen molar-refractivity contribution in [3.05, 3.63) is 58.1 Å². The predicted octanol–water partition coefficient (Wildman–Crippen LogP) is 4.03. The van der Waals surface area contributed by atoms with Gasteiger partial charge in [0.2, 0.25) is 15.9 Å². The van der Waals surface area contributed by atoms with E-state index in [4.69, 9.17) is 33.7 Å². The van der Waals surface area contributed by atoms with Crippen LogP contribution in [-0.2, 0) is 14.8 Å². The second kappa shape index (κ2) is 9.14. The lowest BCUT2D eigenvalue weighted by molar-refractivity contribution is -0.121. The molecule has 0 bridgehead atoms. The van der Waals surface area contributed by atoms with Gasteiger partial charge >= 0.3 is 0 Å². The maximum Gasteiger partial charge on any atom is 0.243 e. The lowest BCUT2D eigenvalue weighted by Gasteiger charge is -2.40. The Morgan fingerprint density at radius 3 is 2.33 bits per heavy atom. The molecule has 0 unspecified atom stereocenters. The number of ether oxygens (including phenoxy) is 1. The predicted molar refractivity (Wildman–Crippen MR) is 117 cm³/mol. The highest BCUT2D eigenvalue weighted by Gasteiger charge is 2.40. The molecule has 2 aromatic carbocycles. The minimum atomic E-state index is -3.63. The van der Waals surface area contributed by atoms with E-state index in [0.717, 1.165) is 5.56 Å². The number of benzene rings is 2. The molecule has 30 heavy (non-hydrogen) atoms. The van der Waals surface area contributed by atoms with Crippen LogP contribution < -0.4 is 10.5 Å². The average molecular weight is 471 g/mol. The smallest absolute Gasteiger partial charge is 0.243 e. The van der Waals surface area contributed by atoms with Gasteiger partial charge in [0, 0.05) is 35.0 Å². The standard InChI is InChI=1S/C21H24Cl2N2O4S/c1-15-12-17(4-7-19(15)23)29-14-21(13-20(24)26)8-10-25(11-9-21)30(27,28)18-5-2-16(22)3-6-18/h2-7,12H,8-11,13-14H2,1H3,(H2,24,26). The minimum Gasteiger partial charge on any atom is -0.493 e. The second-order valence-electron chi connectivity index (χ2n) is 7.70. The molecule has 1 saturated heterocycles. The summed E-state index contributed by atoms with van der Waals surface area (Å²) in [4.78, 5) is 11.9. The largest absolute Gasteiger partial charge is 0.493 e. The molecule has 162 valence electrons. The summed E-state index contributed by atoms with van der Waals surface area (Å²) in [5, 5.41) is 1.12. The van der Waals surface area contributed by atoms with E-state index in [-0.39, 0.29) is 31.0 Å². The van der Waals surface area contributed by atoms with Gasteiger partial charge in [0.25, 0.3) is 0 Å². The number of amides is 1. The molecule has 0 spiro atoms. The summed E-state index contributed by atoms with van der Waals surface area (Å²) >= 11 is 11.9. The Morgan fingerprint density at radius 2 is 1.77 bits per heavy atom. The summed E-state index contributed by atoms with van der Waals surface area (Å²) in [5.41, 5.74) is 5.86. The fraction of sp³-hybridized carbons (Fsp3) is 0.381. The molecule has 0 aromatic heterocycles. The maximum absolute atomic E-state index is 12.9. The topological polar surface area (TPSA) is 89.7 Å². The Morgan fingerprint density at radius 1 is 1.13 bits per heavy atom. The Labute approximate surface area is 187 Å². The summed E-state index contributed by atoms with van der Waals surface area (Å²) in [6.07, 6.45) is 1.07. The molecule has 1 aliphatic heterocycles. The number of hydrogen-bond donors (Lipinski definition) is 1. The third-order valence-electron chi connectivity index (χ3n) is 5.46. The molecular weight excluding hydrogens is 447 g/mol. The number of nitrogens with zero attached hydrogens (tertiary/aromatic N) is 1. The molecule has 6 nitrogen and oxygen atoms in total. The van der Waals surface area contributed by atoms with Crippen molar-refractivity contribution in [2.75, 3.05) is 19.7 Å². The third kappa shape index (κ3) is 5.27. The fourth-order valence-electron chi connectivity index (χ4n) is 3.64. The summed E-state index contributed by atoms with van der Waals surface area (Å²) < 4.78 is 33.2. The van der Waals surface area contributed by atoms with Crippen molar-refractivity contribution >= 4 is 39.1 Å². The number of nitrogens with two attached hydrogens (primary N) is 1. The van der Waals surface area contributed by atoms with Crippen LogP contribution in [0.4, 0.5) is 0 Å². The van der Waals surface area contributed by atoms with Crippen molar-refractivity contribution in [1.82, 2.24) is 4.31 Å². The SMILES string of the molecule is Cc1cc(OCC2(CC(N)=O)CCN(S(=O)(=O)c3ccc(Cl)cc3)CC2)ccc1Cl. The highest BCUT2D eigenvalue weighted by Crippen LogP contribution is 2.37. The Bertz CT molecular complexity index is 1020. The molecule has 0 saturated carbocycles. The Hall–Kier alpha value is -1.80. The molecule has 1 aliphatic rings. The van der Waals surface area contributed by atoms with Gasteiger partial charge in [-0.1, -0.05) is 23.2 Å². The first-order valence-corrected chi connectivity index (χ1v) is 11.7. The molecule has 1 heterocycles. The first-order valence-electron chi connectivity index (χ1n) is 9.54. The van der Waals surface area contributed by atoms with Crippen LogP contribution in [0.3, 0.4) is 0 Å². The number of hydrogen-bond acceptors (Lipinski definition) is 4. The molecule has 0 aliphatic carbocycles. The number of aryl methyl sites for hydroxylation is 1. The van der Waals surface area contributed by atoms with Crippen molar-refractivity contribution in [3.63, 3.8) is 0 Å². The molecule has 3 rings (SSSR count). The van der Waals surface area contributed by atoms with Crippen molar-refractivity contribution in [2.24, 2.45) is 11.1 Å². The molecule has 2 aromatic rings. The summed E-state index contributed by atoms with van der Waals surface area (Å²) in [6, 6.07) is 11.5. The molecule has 2 N–H and O–H groups in total. The average Bonchev–Trinajstić information content (AvgIpc) is 2.69. The zero-order chi connectivity index (χ0) is 21.9. The van der Waals surface area contributed by atoms with Crippen molar-refractivity contribution in [1.29, 1.82) is 0 Å². The van der Waals surface area contributed by atoms with E-state index in [1.165, 1.54) is 16.4 Å². The van der Waals surface area contributed by atoms with E-state index in [2.05, 4.69) is 0 Å².